The lowest BCUT2D eigenvalue weighted by molar-refractivity contribution is 0.398. The average Bonchev–Trinajstić information content (AvgIpc) is 2.93. The Balaban J connectivity index is 2.56. The number of aryl methyl sites for hydroxylation is 1. The van der Waals surface area contributed by atoms with Crippen molar-refractivity contribution < 1.29 is 9.63 Å². The van der Waals surface area contributed by atoms with E-state index < -0.39 is 5.56 Å². The summed E-state index contributed by atoms with van der Waals surface area (Å²) in [6.45, 7) is 12.8. The molecule has 0 unspecified atom stereocenters. The number of aromatic hydroxyl groups is 1. The van der Waals surface area contributed by atoms with Gasteiger partial charge in [0, 0.05) is 12.6 Å². The van der Waals surface area contributed by atoms with Crippen LogP contribution in [0.15, 0.2) is 25.6 Å². The Labute approximate surface area is 132 Å². The van der Waals surface area contributed by atoms with Crippen molar-refractivity contribution in [3.05, 3.63) is 39.2 Å². The summed E-state index contributed by atoms with van der Waals surface area (Å²) in [6, 6.07) is 1.58. The Bertz CT molecular complexity index is 842. The van der Waals surface area contributed by atoms with E-state index in [9.17, 15) is 9.90 Å². The van der Waals surface area contributed by atoms with E-state index in [0.717, 1.165) is 11.0 Å². The number of unbranched alkanes of at least 4 members (excludes halogenated alkanes) is 1. The molecule has 2 heterocycles. The van der Waals surface area contributed by atoms with Gasteiger partial charge in [0.1, 0.15) is 11.4 Å². The van der Waals surface area contributed by atoms with Gasteiger partial charge in [-0.1, -0.05) is 18.5 Å². The Kier molecular flexibility index (Phi) is 4.91. The minimum absolute atomic E-state index is 0.0656. The zero-order valence-corrected chi connectivity index (χ0v) is 13.2. The van der Waals surface area contributed by atoms with Crippen molar-refractivity contribution in [2.75, 3.05) is 0 Å². The van der Waals surface area contributed by atoms with Crippen molar-refractivity contribution in [3.8, 4) is 5.88 Å². The molecule has 0 spiro atoms. The van der Waals surface area contributed by atoms with Crippen LogP contribution in [0.2, 0.25) is 0 Å². The van der Waals surface area contributed by atoms with E-state index in [4.69, 9.17) is 11.1 Å². The zero-order chi connectivity index (χ0) is 17.0. The maximum absolute atomic E-state index is 12.3. The van der Waals surface area contributed by atoms with Crippen LogP contribution in [0.5, 0.6) is 5.88 Å². The first-order chi connectivity index (χ1) is 11.0. The van der Waals surface area contributed by atoms with Crippen LogP contribution >= 0.6 is 0 Å². The fourth-order valence-electron chi connectivity index (χ4n) is 2.07. The van der Waals surface area contributed by atoms with Crippen LogP contribution < -0.4 is 5.56 Å². The first-order valence-corrected chi connectivity index (χ1v) is 7.18. The lowest BCUT2D eigenvalue weighted by atomic mass is 10.2. The summed E-state index contributed by atoms with van der Waals surface area (Å²) in [4.78, 5) is 15.5. The summed E-state index contributed by atoms with van der Waals surface area (Å²) in [5.41, 5.74) is -0.199. The van der Waals surface area contributed by atoms with Gasteiger partial charge in [-0.25, -0.2) is 4.85 Å². The van der Waals surface area contributed by atoms with Gasteiger partial charge in [0.05, 0.1) is 6.57 Å². The smallest absolute Gasteiger partial charge is 0.260 e. The third-order valence-electron chi connectivity index (χ3n) is 3.34. The predicted molar refractivity (Wildman–Crippen MR) is 83.7 cm³/mol. The summed E-state index contributed by atoms with van der Waals surface area (Å²) in [7, 11) is 0. The van der Waals surface area contributed by atoms with Crippen molar-refractivity contribution in [1.29, 1.82) is 0 Å². The molecular weight excluding hydrogens is 298 g/mol. The highest BCUT2D eigenvalue weighted by Gasteiger charge is 2.19. The molecule has 0 aliphatic heterocycles. The van der Waals surface area contributed by atoms with Crippen LogP contribution in [0.25, 0.3) is 4.85 Å². The van der Waals surface area contributed by atoms with Crippen molar-refractivity contribution in [2.24, 2.45) is 10.2 Å². The number of rotatable bonds is 5. The fourth-order valence-corrected chi connectivity index (χ4v) is 2.07. The van der Waals surface area contributed by atoms with Crippen LogP contribution in [0.3, 0.4) is 0 Å². The zero-order valence-electron chi connectivity index (χ0n) is 13.2. The lowest BCUT2D eigenvalue weighted by Gasteiger charge is -2.12. The number of aromatic nitrogens is 2. The van der Waals surface area contributed by atoms with Gasteiger partial charge in [-0.05, 0) is 25.8 Å². The Hall–Kier alpha value is -2.95. The standard InChI is InChI=1S/C15H17N5O3/c1-5-6-7-20-14(21)12(16-4)10(3)13(15(20)22)18-17-11-8-9(2)23-19-11/h8,22H,5-7H2,1-3H3/b18-17+. The van der Waals surface area contributed by atoms with E-state index in [-0.39, 0.29) is 23.1 Å². The molecule has 8 heteroatoms. The monoisotopic (exact) mass is 315 g/mol. The number of hydrogen-bond acceptors (Lipinski definition) is 6. The molecule has 0 amide bonds. The Morgan fingerprint density at radius 1 is 1.43 bits per heavy atom. The molecule has 0 bridgehead atoms. The highest BCUT2D eigenvalue weighted by Crippen LogP contribution is 2.35. The van der Waals surface area contributed by atoms with Gasteiger partial charge < -0.3 is 9.63 Å². The topological polar surface area (TPSA) is 97.3 Å². The van der Waals surface area contributed by atoms with Crippen LogP contribution in [0.1, 0.15) is 31.1 Å². The quantitative estimate of drug-likeness (QED) is 0.667. The highest BCUT2D eigenvalue weighted by molar-refractivity contribution is 5.66. The summed E-state index contributed by atoms with van der Waals surface area (Å²) in [5.74, 6) is 0.531. The third-order valence-corrected chi connectivity index (χ3v) is 3.34. The van der Waals surface area contributed by atoms with Crippen LogP contribution in [0, 0.1) is 20.4 Å². The van der Waals surface area contributed by atoms with Gasteiger partial charge in [0.25, 0.3) is 11.2 Å². The fraction of sp³-hybridized carbons (Fsp3) is 0.400. The highest BCUT2D eigenvalue weighted by atomic mass is 16.5. The van der Waals surface area contributed by atoms with E-state index in [0.29, 0.717) is 24.3 Å². The van der Waals surface area contributed by atoms with Crippen molar-refractivity contribution in [3.63, 3.8) is 0 Å². The maximum Gasteiger partial charge on any atom is 0.260 e. The van der Waals surface area contributed by atoms with E-state index in [1.807, 2.05) is 6.92 Å². The molecule has 120 valence electrons. The van der Waals surface area contributed by atoms with Crippen molar-refractivity contribution in [1.82, 2.24) is 9.72 Å². The van der Waals surface area contributed by atoms with Crippen molar-refractivity contribution in [2.45, 2.75) is 40.2 Å². The molecule has 0 saturated heterocycles. The van der Waals surface area contributed by atoms with Gasteiger partial charge in [-0.3, -0.25) is 9.36 Å². The molecule has 2 aromatic heterocycles. The molecule has 8 nitrogen and oxygen atoms in total. The summed E-state index contributed by atoms with van der Waals surface area (Å²) in [6.07, 6.45) is 1.55. The summed E-state index contributed by atoms with van der Waals surface area (Å²) < 4.78 is 6.04. The van der Waals surface area contributed by atoms with Gasteiger partial charge in [0.15, 0.2) is 0 Å². The molecule has 0 fully saturated rings. The molecule has 23 heavy (non-hydrogen) atoms. The van der Waals surface area contributed by atoms with Crippen LogP contribution in [0.4, 0.5) is 17.2 Å². The Morgan fingerprint density at radius 3 is 2.74 bits per heavy atom. The lowest BCUT2D eigenvalue weighted by Crippen LogP contribution is -2.20. The second kappa shape index (κ2) is 6.87. The third kappa shape index (κ3) is 3.29. The predicted octanol–water partition coefficient (Wildman–Crippen LogP) is 3.93. The summed E-state index contributed by atoms with van der Waals surface area (Å²) in [5, 5.41) is 21.9. The van der Waals surface area contributed by atoms with E-state index >= 15 is 0 Å². The van der Waals surface area contributed by atoms with E-state index in [2.05, 4.69) is 20.2 Å². The molecule has 0 aliphatic carbocycles. The second-order valence-electron chi connectivity index (χ2n) is 5.06. The SMILES string of the molecule is [C-]#[N+]c1c(C)c(/N=N/c2cc(C)on2)c(O)n(CCCC)c1=O. The first kappa shape index (κ1) is 16.4. The van der Waals surface area contributed by atoms with Crippen molar-refractivity contribution >= 4 is 17.2 Å². The first-order valence-electron chi connectivity index (χ1n) is 7.18. The molecule has 0 aliphatic rings. The molecular formula is C15H17N5O3. The number of pyridine rings is 1. The molecule has 1 N–H and O–H groups in total. The van der Waals surface area contributed by atoms with E-state index in [1.165, 1.54) is 0 Å². The van der Waals surface area contributed by atoms with Gasteiger partial charge in [-0.2, -0.15) is 0 Å². The molecule has 2 rings (SSSR count). The van der Waals surface area contributed by atoms with E-state index in [1.54, 1.807) is 19.9 Å². The Morgan fingerprint density at radius 2 is 2.17 bits per heavy atom. The molecule has 0 radical (unpaired) electrons. The van der Waals surface area contributed by atoms with Crippen LogP contribution in [-0.4, -0.2) is 14.8 Å². The van der Waals surface area contributed by atoms with Gasteiger partial charge in [0.2, 0.25) is 11.7 Å². The minimum atomic E-state index is -0.514. The van der Waals surface area contributed by atoms with Gasteiger partial charge in [-0.15, -0.1) is 10.2 Å². The molecule has 2 aromatic rings. The largest absolute Gasteiger partial charge is 0.493 e. The van der Waals surface area contributed by atoms with Gasteiger partial charge >= 0.3 is 0 Å². The average molecular weight is 315 g/mol. The number of azo groups is 1. The molecule has 0 aromatic carbocycles. The minimum Gasteiger partial charge on any atom is -0.493 e. The number of nitrogens with zero attached hydrogens (tertiary/aromatic N) is 5. The normalized spacial score (nSPS) is 11.0. The maximum atomic E-state index is 12.3. The molecule has 0 atom stereocenters. The number of hydrogen-bond donors (Lipinski definition) is 1. The molecule has 0 saturated carbocycles. The summed E-state index contributed by atoms with van der Waals surface area (Å²) >= 11 is 0. The second-order valence-corrected chi connectivity index (χ2v) is 5.06. The van der Waals surface area contributed by atoms with Crippen LogP contribution in [-0.2, 0) is 6.54 Å².